The standard InChI is InChI=1S/C22H25NO3/c1-26-22-12-6-3-9-17(22)15-21(25)19-16-23(13-7-2-8-14-24)20-11-5-4-10-18(19)20/h3-6,9-12,16,24H,2,7-8,13-15H2,1H3/i4D,5D,10D,11D,16D. The largest absolute Gasteiger partial charge is 0.496 e. The monoisotopic (exact) mass is 356 g/mol. The number of aliphatic hydroxyl groups is 1. The zero-order valence-corrected chi connectivity index (χ0v) is 14.8. The van der Waals surface area contributed by atoms with Gasteiger partial charge in [-0.15, -0.1) is 0 Å². The molecule has 2 aromatic carbocycles. The molecule has 0 spiro atoms. The Morgan fingerprint density at radius 2 is 2.00 bits per heavy atom. The molecule has 0 amide bonds. The molecular weight excluding hydrogens is 326 g/mol. The number of hydrogen-bond donors (Lipinski definition) is 1. The lowest BCUT2D eigenvalue weighted by Gasteiger charge is -2.07. The van der Waals surface area contributed by atoms with Gasteiger partial charge in [-0.25, -0.2) is 0 Å². The number of methoxy groups -OCH3 is 1. The molecule has 4 nitrogen and oxygen atoms in total. The van der Waals surface area contributed by atoms with E-state index in [1.807, 2.05) is 0 Å². The summed E-state index contributed by atoms with van der Waals surface area (Å²) in [5.41, 5.74) is 0.803. The molecule has 0 saturated heterocycles. The highest BCUT2D eigenvalue weighted by Crippen LogP contribution is 2.25. The molecule has 0 bridgehead atoms. The van der Waals surface area contributed by atoms with E-state index < -0.39 is 17.9 Å². The van der Waals surface area contributed by atoms with Crippen LogP contribution in [0.4, 0.5) is 0 Å². The van der Waals surface area contributed by atoms with Gasteiger partial charge in [0.2, 0.25) is 0 Å². The number of hydrogen-bond acceptors (Lipinski definition) is 3. The summed E-state index contributed by atoms with van der Waals surface area (Å²) in [6.07, 6.45) is 1.74. The van der Waals surface area contributed by atoms with Crippen LogP contribution in [-0.4, -0.2) is 29.2 Å². The summed E-state index contributed by atoms with van der Waals surface area (Å²) in [5.74, 6) is 0.135. The third kappa shape index (κ3) is 3.97. The fourth-order valence-corrected chi connectivity index (χ4v) is 2.97. The number of fused-ring (bicyclic) bond motifs is 1. The van der Waals surface area contributed by atoms with E-state index in [1.54, 1.807) is 24.3 Å². The second-order valence-electron chi connectivity index (χ2n) is 6.06. The summed E-state index contributed by atoms with van der Waals surface area (Å²) in [7, 11) is 1.51. The number of aromatic nitrogens is 1. The zero-order valence-electron chi connectivity index (χ0n) is 19.8. The number of rotatable bonds is 9. The van der Waals surface area contributed by atoms with Gasteiger partial charge < -0.3 is 14.4 Å². The van der Waals surface area contributed by atoms with Crippen LogP contribution in [-0.2, 0) is 13.0 Å². The maximum absolute atomic E-state index is 13.3. The minimum Gasteiger partial charge on any atom is -0.496 e. The minimum atomic E-state index is -0.429. The normalized spacial score (nSPS) is 13.7. The number of aryl methyl sites for hydroxylation is 1. The van der Waals surface area contributed by atoms with E-state index in [4.69, 9.17) is 16.7 Å². The first-order chi connectivity index (χ1) is 14.8. The van der Waals surface area contributed by atoms with E-state index in [0.717, 1.165) is 0 Å². The van der Waals surface area contributed by atoms with E-state index >= 15 is 0 Å². The van der Waals surface area contributed by atoms with Crippen LogP contribution in [0.2, 0.25) is 0 Å². The van der Waals surface area contributed by atoms with Crippen molar-refractivity contribution in [1.82, 2.24) is 4.57 Å². The summed E-state index contributed by atoms with van der Waals surface area (Å²) < 4.78 is 48.2. The first-order valence-corrected chi connectivity index (χ1v) is 8.68. The quantitative estimate of drug-likeness (QED) is 0.461. The van der Waals surface area contributed by atoms with Crippen molar-refractivity contribution in [3.63, 3.8) is 0 Å². The number of ketones is 1. The predicted molar refractivity (Wildman–Crippen MR) is 104 cm³/mol. The molecule has 0 saturated carbocycles. The van der Waals surface area contributed by atoms with Gasteiger partial charge in [-0.1, -0.05) is 36.3 Å². The number of unbranched alkanes of at least 4 members (excludes halogenated alkanes) is 2. The van der Waals surface area contributed by atoms with Crippen LogP contribution in [0, 0.1) is 0 Å². The van der Waals surface area contributed by atoms with Crippen LogP contribution < -0.4 is 4.74 Å². The van der Waals surface area contributed by atoms with E-state index in [0.29, 0.717) is 37.1 Å². The Kier molecular flexibility index (Phi) is 4.24. The average Bonchev–Trinajstić information content (AvgIpc) is 3.06. The lowest BCUT2D eigenvalue weighted by Crippen LogP contribution is -2.04. The minimum absolute atomic E-state index is 0.00457. The zero-order chi connectivity index (χ0) is 22.7. The highest BCUT2D eigenvalue weighted by Gasteiger charge is 2.16. The van der Waals surface area contributed by atoms with Gasteiger partial charge in [-0.2, -0.15) is 0 Å². The smallest absolute Gasteiger partial charge is 0.169 e. The van der Waals surface area contributed by atoms with Crippen molar-refractivity contribution in [3.8, 4) is 5.75 Å². The Morgan fingerprint density at radius 3 is 2.81 bits per heavy atom. The van der Waals surface area contributed by atoms with Gasteiger partial charge >= 0.3 is 0 Å². The number of para-hydroxylation sites is 2. The molecule has 26 heavy (non-hydrogen) atoms. The van der Waals surface area contributed by atoms with Gasteiger partial charge in [-0.3, -0.25) is 4.79 Å². The van der Waals surface area contributed by atoms with Gasteiger partial charge in [0, 0.05) is 47.8 Å². The first-order valence-electron chi connectivity index (χ1n) is 11.2. The van der Waals surface area contributed by atoms with Gasteiger partial charge in [0.05, 0.1) is 14.0 Å². The van der Waals surface area contributed by atoms with Crippen molar-refractivity contribution < 1.29 is 21.5 Å². The van der Waals surface area contributed by atoms with E-state index in [2.05, 4.69) is 0 Å². The van der Waals surface area contributed by atoms with Crippen molar-refractivity contribution in [2.45, 2.75) is 32.2 Å². The van der Waals surface area contributed by atoms with Crippen molar-refractivity contribution in [1.29, 1.82) is 0 Å². The molecule has 0 unspecified atom stereocenters. The Labute approximate surface area is 161 Å². The summed E-state index contributed by atoms with van der Waals surface area (Å²) in [4.78, 5) is 13.3. The molecule has 0 aliphatic carbocycles. The number of benzene rings is 2. The molecule has 0 radical (unpaired) electrons. The second-order valence-corrected chi connectivity index (χ2v) is 6.06. The Morgan fingerprint density at radius 1 is 1.19 bits per heavy atom. The number of Topliss-reactive ketones (excluding diaryl/α,β-unsaturated/α-hetero) is 1. The van der Waals surface area contributed by atoms with Crippen molar-refractivity contribution in [2.75, 3.05) is 13.7 Å². The number of aliphatic hydroxyl groups excluding tert-OH is 1. The molecule has 0 aliphatic rings. The molecule has 0 atom stereocenters. The van der Waals surface area contributed by atoms with E-state index in [1.165, 1.54) is 11.7 Å². The SMILES string of the molecule is [2H]c1c([2H])c([2H])c2c(c1[2H])c(C(=O)Cc1ccccc1OC)c([2H])n2CCCCCO. The molecule has 1 N–H and O–H groups in total. The van der Waals surface area contributed by atoms with Gasteiger partial charge in [-0.05, 0) is 31.4 Å². The lowest BCUT2D eigenvalue weighted by molar-refractivity contribution is 0.0993. The highest BCUT2D eigenvalue weighted by atomic mass is 16.5. The van der Waals surface area contributed by atoms with E-state index in [9.17, 15) is 4.79 Å². The fourth-order valence-electron chi connectivity index (χ4n) is 2.97. The number of ether oxygens (including phenoxy) is 1. The Hall–Kier alpha value is -2.59. The number of carbonyl (C=O) groups excluding carboxylic acids is 1. The molecule has 0 aliphatic heterocycles. The third-order valence-electron chi connectivity index (χ3n) is 4.30. The van der Waals surface area contributed by atoms with Crippen LogP contribution in [0.3, 0.4) is 0 Å². The maximum atomic E-state index is 13.3. The first kappa shape index (κ1) is 12.7. The lowest BCUT2D eigenvalue weighted by atomic mass is 10.0. The molecule has 1 heterocycles. The van der Waals surface area contributed by atoms with Crippen LogP contribution in [0.25, 0.3) is 10.9 Å². The summed E-state index contributed by atoms with van der Waals surface area (Å²) in [6.45, 7) is 0.377. The van der Waals surface area contributed by atoms with Crippen molar-refractivity contribution >= 4 is 16.7 Å². The molecule has 0 fully saturated rings. The number of carbonyl (C=O) groups is 1. The molecule has 3 rings (SSSR count). The van der Waals surface area contributed by atoms with Gasteiger partial charge in [0.1, 0.15) is 5.75 Å². The van der Waals surface area contributed by atoms with Crippen LogP contribution >= 0.6 is 0 Å². The fraction of sp³-hybridized carbons (Fsp3) is 0.318. The van der Waals surface area contributed by atoms with Crippen LogP contribution in [0.1, 0.15) is 42.0 Å². The average molecular weight is 356 g/mol. The van der Waals surface area contributed by atoms with Crippen molar-refractivity contribution in [3.05, 3.63) is 65.7 Å². The maximum Gasteiger partial charge on any atom is 0.169 e. The Bertz CT molecular complexity index is 1130. The van der Waals surface area contributed by atoms with Crippen LogP contribution in [0.15, 0.2) is 54.6 Å². The molecule has 3 aromatic rings. The van der Waals surface area contributed by atoms with Gasteiger partial charge in [0.25, 0.3) is 0 Å². The summed E-state index contributed by atoms with van der Waals surface area (Å²) in [5, 5.41) is 9.08. The van der Waals surface area contributed by atoms with Crippen molar-refractivity contribution in [2.24, 2.45) is 0 Å². The third-order valence-corrected chi connectivity index (χ3v) is 4.30. The van der Waals surface area contributed by atoms with E-state index in [-0.39, 0.29) is 47.8 Å². The highest BCUT2D eigenvalue weighted by molar-refractivity contribution is 6.09. The van der Waals surface area contributed by atoms with Crippen LogP contribution in [0.5, 0.6) is 5.75 Å². The number of nitrogens with zero attached hydrogens (tertiary/aromatic N) is 1. The molecule has 1 aromatic heterocycles. The Balaban J connectivity index is 2.16. The van der Waals surface area contributed by atoms with Gasteiger partial charge in [0.15, 0.2) is 5.78 Å². The molecule has 136 valence electrons. The summed E-state index contributed by atoms with van der Waals surface area (Å²) in [6, 6.07) is 5.66. The predicted octanol–water partition coefficient (Wildman–Crippen LogP) is 4.24. The topological polar surface area (TPSA) is 51.5 Å². The molecule has 4 heteroatoms. The summed E-state index contributed by atoms with van der Waals surface area (Å²) >= 11 is 0. The molecular formula is C22H25NO3. The second kappa shape index (κ2) is 8.68.